The summed E-state index contributed by atoms with van der Waals surface area (Å²) in [6, 6.07) is 16.8. The lowest BCUT2D eigenvalue weighted by Gasteiger charge is -2.07. The van der Waals surface area contributed by atoms with E-state index < -0.39 is 11.9 Å². The Labute approximate surface area is 144 Å². The molecule has 0 spiro atoms. The number of aromatic carboxylic acids is 1. The van der Waals surface area contributed by atoms with Gasteiger partial charge in [0.25, 0.3) is 0 Å². The molecule has 0 aliphatic carbocycles. The van der Waals surface area contributed by atoms with E-state index in [4.69, 9.17) is 5.11 Å². The van der Waals surface area contributed by atoms with E-state index >= 15 is 0 Å². The van der Waals surface area contributed by atoms with E-state index in [1.807, 2.05) is 49.4 Å². The number of carbonyl (C=O) groups excluding carboxylic acids is 1. The molecule has 0 fully saturated rings. The minimum absolute atomic E-state index is 0.0301. The van der Waals surface area contributed by atoms with Crippen molar-refractivity contribution in [1.29, 1.82) is 0 Å². The first-order valence-electron chi connectivity index (χ1n) is 7.71. The Morgan fingerprint density at radius 1 is 1.04 bits per heavy atom. The number of aromatic nitrogens is 1. The van der Waals surface area contributed by atoms with Crippen molar-refractivity contribution < 1.29 is 14.7 Å². The van der Waals surface area contributed by atoms with Gasteiger partial charge in [0, 0.05) is 12.3 Å². The average Bonchev–Trinajstić information content (AvgIpc) is 2.61. The molecule has 5 nitrogen and oxygen atoms in total. The minimum Gasteiger partial charge on any atom is -0.478 e. The van der Waals surface area contributed by atoms with Crippen molar-refractivity contribution in [1.82, 2.24) is 4.98 Å². The maximum atomic E-state index is 12.2. The number of anilines is 1. The molecular formula is C20H16N2O3. The van der Waals surface area contributed by atoms with Gasteiger partial charge in [-0.05, 0) is 47.0 Å². The first kappa shape index (κ1) is 16.4. The van der Waals surface area contributed by atoms with Gasteiger partial charge in [-0.25, -0.2) is 9.78 Å². The number of fused-ring (bicyclic) bond motifs is 1. The topological polar surface area (TPSA) is 79.3 Å². The van der Waals surface area contributed by atoms with Crippen molar-refractivity contribution in [2.24, 2.45) is 0 Å². The minimum atomic E-state index is -1.14. The van der Waals surface area contributed by atoms with E-state index in [-0.39, 0.29) is 11.4 Å². The smallest absolute Gasteiger partial charge is 0.339 e. The molecule has 5 heteroatoms. The number of amides is 1. The van der Waals surface area contributed by atoms with Crippen LogP contribution in [0.2, 0.25) is 0 Å². The second-order valence-corrected chi connectivity index (χ2v) is 5.58. The van der Waals surface area contributed by atoms with Crippen molar-refractivity contribution in [2.45, 2.75) is 6.92 Å². The Hall–Kier alpha value is -3.47. The van der Waals surface area contributed by atoms with Gasteiger partial charge in [0.1, 0.15) is 11.4 Å². The largest absolute Gasteiger partial charge is 0.478 e. The van der Waals surface area contributed by atoms with Crippen LogP contribution in [0, 0.1) is 0 Å². The molecule has 0 unspecified atom stereocenters. The molecule has 3 rings (SSSR count). The van der Waals surface area contributed by atoms with Crippen LogP contribution in [0.15, 0.2) is 66.9 Å². The van der Waals surface area contributed by atoms with Gasteiger partial charge in [0.2, 0.25) is 5.91 Å². The molecule has 1 amide bonds. The summed E-state index contributed by atoms with van der Waals surface area (Å²) in [7, 11) is 0. The number of benzene rings is 2. The maximum absolute atomic E-state index is 12.2. The van der Waals surface area contributed by atoms with Gasteiger partial charge in [0.05, 0.1) is 0 Å². The number of hydrogen-bond acceptors (Lipinski definition) is 3. The van der Waals surface area contributed by atoms with Gasteiger partial charge in [0.15, 0.2) is 0 Å². The van der Waals surface area contributed by atoms with Gasteiger partial charge in [-0.3, -0.25) is 4.79 Å². The molecule has 124 valence electrons. The third-order valence-corrected chi connectivity index (χ3v) is 3.83. The molecule has 0 aliphatic heterocycles. The van der Waals surface area contributed by atoms with Gasteiger partial charge >= 0.3 is 5.97 Å². The van der Waals surface area contributed by atoms with Crippen LogP contribution in [0.25, 0.3) is 16.3 Å². The Kier molecular flexibility index (Phi) is 4.57. The zero-order chi connectivity index (χ0) is 17.8. The molecule has 2 aromatic carbocycles. The van der Waals surface area contributed by atoms with Crippen LogP contribution in [0.5, 0.6) is 0 Å². The fraction of sp³-hybridized carbons (Fsp3) is 0.0500. The molecule has 2 N–H and O–H groups in total. The first-order chi connectivity index (χ1) is 12.0. The molecule has 0 bridgehead atoms. The van der Waals surface area contributed by atoms with Crippen LogP contribution in [-0.4, -0.2) is 22.0 Å². The van der Waals surface area contributed by atoms with Crippen LogP contribution in [0.1, 0.15) is 22.8 Å². The summed E-state index contributed by atoms with van der Waals surface area (Å²) in [5.74, 6) is -1.53. The molecule has 0 saturated heterocycles. The number of carbonyl (C=O) groups is 2. The Morgan fingerprint density at radius 2 is 1.80 bits per heavy atom. The predicted octanol–water partition coefficient (Wildman–Crippen LogP) is 3.98. The molecule has 0 saturated carbocycles. The van der Waals surface area contributed by atoms with E-state index in [9.17, 15) is 9.59 Å². The van der Waals surface area contributed by atoms with Crippen LogP contribution in [0.4, 0.5) is 5.82 Å². The molecule has 3 aromatic rings. The molecule has 25 heavy (non-hydrogen) atoms. The first-order valence-corrected chi connectivity index (χ1v) is 7.71. The Bertz CT molecular complexity index is 993. The lowest BCUT2D eigenvalue weighted by Crippen LogP contribution is -2.13. The van der Waals surface area contributed by atoms with Crippen LogP contribution in [0.3, 0.4) is 0 Å². The van der Waals surface area contributed by atoms with Gasteiger partial charge < -0.3 is 10.4 Å². The van der Waals surface area contributed by atoms with Gasteiger partial charge in [-0.1, -0.05) is 36.4 Å². The predicted molar refractivity (Wildman–Crippen MR) is 97.4 cm³/mol. The zero-order valence-corrected chi connectivity index (χ0v) is 13.6. The number of rotatable bonds is 4. The number of allylic oxidation sites excluding steroid dienone is 1. The number of carboxylic acids is 1. The third kappa shape index (κ3) is 3.72. The van der Waals surface area contributed by atoms with Crippen molar-refractivity contribution >= 4 is 34.0 Å². The highest BCUT2D eigenvalue weighted by Crippen LogP contribution is 2.21. The maximum Gasteiger partial charge on any atom is 0.339 e. The number of hydrogen-bond donors (Lipinski definition) is 2. The van der Waals surface area contributed by atoms with Crippen LogP contribution < -0.4 is 5.32 Å². The Morgan fingerprint density at radius 3 is 2.56 bits per heavy atom. The van der Waals surface area contributed by atoms with Crippen molar-refractivity contribution in [3.8, 4) is 0 Å². The fourth-order valence-electron chi connectivity index (χ4n) is 2.54. The highest BCUT2D eigenvalue weighted by Gasteiger charge is 2.12. The molecule has 0 radical (unpaired) electrons. The molecular weight excluding hydrogens is 316 g/mol. The van der Waals surface area contributed by atoms with E-state index in [1.165, 1.54) is 24.4 Å². The summed E-state index contributed by atoms with van der Waals surface area (Å²) in [4.78, 5) is 27.3. The monoisotopic (exact) mass is 332 g/mol. The summed E-state index contributed by atoms with van der Waals surface area (Å²) < 4.78 is 0. The van der Waals surface area contributed by atoms with Crippen LogP contribution in [-0.2, 0) is 4.79 Å². The summed E-state index contributed by atoms with van der Waals surface area (Å²) in [6.07, 6.45) is 2.87. The number of nitrogens with one attached hydrogen (secondary N) is 1. The molecule has 0 atom stereocenters. The van der Waals surface area contributed by atoms with Crippen LogP contribution >= 0.6 is 0 Å². The standard InChI is InChI=1S/C20H16N2O3/c1-13(15-9-8-14-5-2-3-6-16(14)12-15)11-18(23)22-19-17(20(24)25)7-4-10-21-19/h2-12H,1H3,(H,24,25)(H,21,22,23). The van der Waals surface area contributed by atoms with Gasteiger partial charge in [-0.2, -0.15) is 0 Å². The summed E-state index contributed by atoms with van der Waals surface area (Å²) in [6.45, 7) is 1.83. The number of pyridine rings is 1. The van der Waals surface area contributed by atoms with E-state index in [0.717, 1.165) is 21.9 Å². The molecule has 1 heterocycles. The molecule has 0 aliphatic rings. The number of nitrogens with zero attached hydrogens (tertiary/aromatic N) is 1. The van der Waals surface area contributed by atoms with E-state index in [1.54, 1.807) is 0 Å². The lowest BCUT2D eigenvalue weighted by atomic mass is 10.0. The van der Waals surface area contributed by atoms with Gasteiger partial charge in [-0.15, -0.1) is 0 Å². The highest BCUT2D eigenvalue weighted by molar-refractivity contribution is 6.06. The zero-order valence-electron chi connectivity index (χ0n) is 13.6. The number of carboxylic acid groups (broad SMARTS) is 1. The van der Waals surface area contributed by atoms with E-state index in [0.29, 0.717) is 0 Å². The summed E-state index contributed by atoms with van der Waals surface area (Å²) >= 11 is 0. The Balaban J connectivity index is 1.84. The SMILES string of the molecule is CC(=CC(=O)Nc1ncccc1C(=O)O)c1ccc2ccccc2c1. The molecule has 1 aromatic heterocycles. The average molecular weight is 332 g/mol. The third-order valence-electron chi connectivity index (χ3n) is 3.83. The van der Waals surface area contributed by atoms with E-state index in [2.05, 4.69) is 10.3 Å². The quantitative estimate of drug-likeness (QED) is 0.708. The van der Waals surface area contributed by atoms with Crippen molar-refractivity contribution in [3.63, 3.8) is 0 Å². The van der Waals surface area contributed by atoms with Crippen molar-refractivity contribution in [3.05, 3.63) is 78.0 Å². The highest BCUT2D eigenvalue weighted by atomic mass is 16.4. The second kappa shape index (κ2) is 6.97. The summed E-state index contributed by atoms with van der Waals surface area (Å²) in [5, 5.41) is 13.9. The fourth-order valence-corrected chi connectivity index (χ4v) is 2.54. The second-order valence-electron chi connectivity index (χ2n) is 5.58. The van der Waals surface area contributed by atoms with Crippen molar-refractivity contribution in [2.75, 3.05) is 5.32 Å². The lowest BCUT2D eigenvalue weighted by molar-refractivity contribution is -0.111. The summed E-state index contributed by atoms with van der Waals surface area (Å²) in [5.41, 5.74) is 1.65. The normalized spacial score (nSPS) is 11.3.